The summed E-state index contributed by atoms with van der Waals surface area (Å²) in [5.41, 5.74) is 2.30. The van der Waals surface area contributed by atoms with Gasteiger partial charge in [-0.2, -0.15) is 0 Å². The first-order valence-electron chi connectivity index (χ1n) is 8.77. The number of carbonyl (C=O) groups is 1. The van der Waals surface area contributed by atoms with E-state index in [1.807, 2.05) is 12.1 Å². The van der Waals surface area contributed by atoms with Gasteiger partial charge in [0.25, 0.3) is 0 Å². The highest BCUT2D eigenvalue weighted by Crippen LogP contribution is 2.48. The number of aliphatic hydroxyl groups is 2. The van der Waals surface area contributed by atoms with Crippen LogP contribution in [0.2, 0.25) is 0 Å². The molecule has 1 aromatic rings. The third kappa shape index (κ3) is 3.57. The summed E-state index contributed by atoms with van der Waals surface area (Å²) in [6.45, 7) is 1.46. The van der Waals surface area contributed by atoms with Gasteiger partial charge in [0.1, 0.15) is 5.75 Å². The SMILES string of the molecule is C[C@H](O)CC[C@@H]1[C@H]2Cc3cccc(OCC(=O)O)c3C[C@H]2C[C@H]1O. The van der Waals surface area contributed by atoms with Crippen molar-refractivity contribution in [2.45, 2.75) is 51.2 Å². The number of rotatable bonds is 6. The fourth-order valence-electron chi connectivity index (χ4n) is 4.51. The standard InChI is InChI=1S/C19H26O5/c1-11(20)5-6-14-15-7-12-3-2-4-18(24-10-19(22)23)16(12)8-13(15)9-17(14)21/h2-4,11,13-15,17,20-21H,5-10H2,1H3,(H,22,23)/t11-,13-,14+,15-,17+/m0/s1. The van der Waals surface area contributed by atoms with Crippen molar-refractivity contribution in [3.05, 3.63) is 29.3 Å². The minimum atomic E-state index is -0.976. The van der Waals surface area contributed by atoms with Gasteiger partial charge in [-0.15, -0.1) is 0 Å². The van der Waals surface area contributed by atoms with E-state index < -0.39 is 5.97 Å². The molecular formula is C19H26O5. The Bertz CT molecular complexity index is 597. The molecule has 5 nitrogen and oxygen atoms in total. The van der Waals surface area contributed by atoms with Crippen molar-refractivity contribution in [2.24, 2.45) is 17.8 Å². The van der Waals surface area contributed by atoms with E-state index in [9.17, 15) is 15.0 Å². The lowest BCUT2D eigenvalue weighted by atomic mass is 9.73. The molecule has 0 aliphatic heterocycles. The first-order chi connectivity index (χ1) is 11.5. The van der Waals surface area contributed by atoms with Crippen molar-refractivity contribution in [3.63, 3.8) is 0 Å². The average molecular weight is 334 g/mol. The van der Waals surface area contributed by atoms with Crippen molar-refractivity contribution in [2.75, 3.05) is 6.61 Å². The number of ether oxygens (including phenoxy) is 1. The Hall–Kier alpha value is -1.59. The van der Waals surface area contributed by atoms with Crippen LogP contribution >= 0.6 is 0 Å². The van der Waals surface area contributed by atoms with E-state index in [0.717, 1.165) is 37.7 Å². The second-order valence-electron chi connectivity index (χ2n) is 7.30. The molecule has 0 unspecified atom stereocenters. The average Bonchev–Trinajstić information content (AvgIpc) is 2.83. The summed E-state index contributed by atoms with van der Waals surface area (Å²) in [7, 11) is 0. The fraction of sp³-hybridized carbons (Fsp3) is 0.632. The van der Waals surface area contributed by atoms with E-state index in [1.165, 1.54) is 5.56 Å². The van der Waals surface area contributed by atoms with Crippen molar-refractivity contribution in [3.8, 4) is 5.75 Å². The van der Waals surface area contributed by atoms with E-state index in [2.05, 4.69) is 6.07 Å². The molecular weight excluding hydrogens is 308 g/mol. The zero-order valence-electron chi connectivity index (χ0n) is 14.0. The van der Waals surface area contributed by atoms with Gasteiger partial charge in [-0.05, 0) is 74.0 Å². The monoisotopic (exact) mass is 334 g/mol. The molecule has 0 radical (unpaired) electrons. The third-order valence-corrected chi connectivity index (χ3v) is 5.61. The first kappa shape index (κ1) is 17.2. The van der Waals surface area contributed by atoms with Crippen molar-refractivity contribution in [1.29, 1.82) is 0 Å². The Morgan fingerprint density at radius 2 is 2.17 bits per heavy atom. The summed E-state index contributed by atoms with van der Waals surface area (Å²) in [6, 6.07) is 5.82. The summed E-state index contributed by atoms with van der Waals surface area (Å²) in [5, 5.41) is 28.8. The Labute approximate surface area is 142 Å². The Kier molecular flexibility index (Phi) is 5.11. The third-order valence-electron chi connectivity index (χ3n) is 5.61. The molecule has 0 spiro atoms. The van der Waals surface area contributed by atoms with Gasteiger partial charge in [-0.3, -0.25) is 0 Å². The molecule has 2 aliphatic rings. The van der Waals surface area contributed by atoms with Gasteiger partial charge >= 0.3 is 5.97 Å². The molecule has 5 heteroatoms. The predicted molar refractivity (Wildman–Crippen MR) is 89.0 cm³/mol. The highest BCUT2D eigenvalue weighted by molar-refractivity contribution is 5.68. The lowest BCUT2D eigenvalue weighted by molar-refractivity contribution is -0.139. The lowest BCUT2D eigenvalue weighted by Gasteiger charge is -2.32. The van der Waals surface area contributed by atoms with Gasteiger partial charge in [-0.25, -0.2) is 4.79 Å². The smallest absolute Gasteiger partial charge is 0.341 e. The van der Waals surface area contributed by atoms with E-state index in [-0.39, 0.29) is 24.7 Å². The van der Waals surface area contributed by atoms with E-state index >= 15 is 0 Å². The maximum atomic E-state index is 10.8. The minimum absolute atomic E-state index is 0.237. The zero-order chi connectivity index (χ0) is 17.3. The Morgan fingerprint density at radius 1 is 1.38 bits per heavy atom. The normalized spacial score (nSPS) is 29.6. The quantitative estimate of drug-likeness (QED) is 0.741. The van der Waals surface area contributed by atoms with Crippen LogP contribution < -0.4 is 4.74 Å². The molecule has 2 aliphatic carbocycles. The highest BCUT2D eigenvalue weighted by atomic mass is 16.5. The molecule has 24 heavy (non-hydrogen) atoms. The predicted octanol–water partition coefficient (Wildman–Crippen LogP) is 2.02. The van der Waals surface area contributed by atoms with Gasteiger partial charge in [0.05, 0.1) is 12.2 Å². The molecule has 132 valence electrons. The van der Waals surface area contributed by atoms with E-state index in [4.69, 9.17) is 9.84 Å². The largest absolute Gasteiger partial charge is 0.482 e. The summed E-state index contributed by atoms with van der Waals surface area (Å²) in [4.78, 5) is 10.8. The fourth-order valence-corrected chi connectivity index (χ4v) is 4.51. The van der Waals surface area contributed by atoms with Gasteiger partial charge in [0, 0.05) is 0 Å². The van der Waals surface area contributed by atoms with Crippen LogP contribution in [0.15, 0.2) is 18.2 Å². The Balaban J connectivity index is 1.77. The maximum absolute atomic E-state index is 10.8. The molecule has 0 amide bonds. The van der Waals surface area contributed by atoms with Crippen LogP contribution in [0.3, 0.4) is 0 Å². The van der Waals surface area contributed by atoms with Crippen molar-refractivity contribution >= 4 is 5.97 Å². The number of hydrogen-bond donors (Lipinski definition) is 3. The summed E-state index contributed by atoms with van der Waals surface area (Å²) < 4.78 is 5.45. The van der Waals surface area contributed by atoms with Crippen molar-refractivity contribution in [1.82, 2.24) is 0 Å². The summed E-state index contributed by atoms with van der Waals surface area (Å²) >= 11 is 0. The Morgan fingerprint density at radius 3 is 2.88 bits per heavy atom. The molecule has 0 bridgehead atoms. The number of carboxylic acid groups (broad SMARTS) is 1. The van der Waals surface area contributed by atoms with E-state index in [1.54, 1.807) is 6.92 Å². The number of benzene rings is 1. The van der Waals surface area contributed by atoms with Crippen molar-refractivity contribution < 1.29 is 24.9 Å². The molecule has 3 rings (SSSR count). The molecule has 1 fully saturated rings. The first-order valence-corrected chi connectivity index (χ1v) is 8.77. The van der Waals surface area contributed by atoms with Crippen LogP contribution in [0.4, 0.5) is 0 Å². The van der Waals surface area contributed by atoms with Crippen LogP contribution in [0.1, 0.15) is 37.3 Å². The number of carboxylic acids is 1. The van der Waals surface area contributed by atoms with Gasteiger partial charge in [-0.1, -0.05) is 12.1 Å². The summed E-state index contributed by atoms with van der Waals surface area (Å²) in [5.74, 6) is 0.759. The van der Waals surface area contributed by atoms with Crippen LogP contribution in [0.5, 0.6) is 5.75 Å². The molecule has 5 atom stereocenters. The maximum Gasteiger partial charge on any atom is 0.341 e. The number of aliphatic hydroxyl groups excluding tert-OH is 2. The van der Waals surface area contributed by atoms with Crippen LogP contribution in [0.25, 0.3) is 0 Å². The number of fused-ring (bicyclic) bond motifs is 2. The van der Waals surface area contributed by atoms with Gasteiger partial charge < -0.3 is 20.1 Å². The molecule has 0 aromatic heterocycles. The minimum Gasteiger partial charge on any atom is -0.482 e. The molecule has 1 saturated carbocycles. The molecule has 0 saturated heterocycles. The van der Waals surface area contributed by atoms with Crippen LogP contribution in [-0.2, 0) is 17.6 Å². The van der Waals surface area contributed by atoms with Gasteiger partial charge in [0.2, 0.25) is 0 Å². The van der Waals surface area contributed by atoms with Crippen LogP contribution in [-0.4, -0.2) is 40.1 Å². The number of aliphatic carboxylic acids is 1. The molecule has 0 heterocycles. The topological polar surface area (TPSA) is 87.0 Å². The second-order valence-corrected chi connectivity index (χ2v) is 7.30. The molecule has 3 N–H and O–H groups in total. The zero-order valence-corrected chi connectivity index (χ0v) is 14.0. The summed E-state index contributed by atoms with van der Waals surface area (Å²) in [6.07, 6.45) is 3.44. The van der Waals surface area contributed by atoms with Crippen LogP contribution in [0, 0.1) is 17.8 Å². The highest BCUT2D eigenvalue weighted by Gasteiger charge is 2.44. The van der Waals surface area contributed by atoms with E-state index in [0.29, 0.717) is 17.6 Å². The lowest BCUT2D eigenvalue weighted by Crippen LogP contribution is -2.28. The second kappa shape index (κ2) is 7.11. The molecule has 1 aromatic carbocycles. The number of hydrogen-bond acceptors (Lipinski definition) is 4. The van der Waals surface area contributed by atoms with Gasteiger partial charge in [0.15, 0.2) is 6.61 Å².